The number of amides is 1. The number of benzene rings is 2. The van der Waals surface area contributed by atoms with Crippen molar-refractivity contribution < 1.29 is 14.3 Å². The van der Waals surface area contributed by atoms with Gasteiger partial charge in [0.2, 0.25) is 0 Å². The monoisotopic (exact) mass is 408 g/mol. The third kappa shape index (κ3) is 5.14. The molecule has 0 bridgehead atoms. The lowest BCUT2D eigenvalue weighted by molar-refractivity contribution is 0.0332. The van der Waals surface area contributed by atoms with Gasteiger partial charge in [-0.25, -0.2) is 0 Å². The molecule has 0 spiro atoms. The molecule has 1 atom stereocenters. The summed E-state index contributed by atoms with van der Waals surface area (Å²) in [5, 5.41) is 3.72. The fraction of sp³-hybridized carbons (Fsp3) is 0.350. The molecule has 1 N–H and O–H groups in total. The van der Waals surface area contributed by atoms with Crippen LogP contribution in [-0.4, -0.2) is 50.8 Å². The van der Waals surface area contributed by atoms with E-state index in [1.807, 2.05) is 30.3 Å². The van der Waals surface area contributed by atoms with Crippen LogP contribution >= 0.6 is 23.2 Å². The van der Waals surface area contributed by atoms with Crippen molar-refractivity contribution in [2.45, 2.75) is 6.04 Å². The number of nitrogens with one attached hydrogen (secondary N) is 1. The van der Waals surface area contributed by atoms with Crippen LogP contribution in [-0.2, 0) is 4.74 Å². The van der Waals surface area contributed by atoms with E-state index in [-0.39, 0.29) is 11.9 Å². The molecule has 1 amide bonds. The van der Waals surface area contributed by atoms with Gasteiger partial charge in [-0.15, -0.1) is 0 Å². The molecule has 144 valence electrons. The lowest BCUT2D eigenvalue weighted by Gasteiger charge is -2.31. The minimum atomic E-state index is -0.233. The molecule has 1 aliphatic rings. The van der Waals surface area contributed by atoms with Crippen LogP contribution < -0.4 is 10.1 Å². The second-order valence-corrected chi connectivity index (χ2v) is 7.14. The molecule has 27 heavy (non-hydrogen) atoms. The van der Waals surface area contributed by atoms with E-state index in [9.17, 15) is 4.79 Å². The average Bonchev–Trinajstić information content (AvgIpc) is 2.68. The SMILES string of the molecule is COc1c(Cl)cc(C(=O)N[C@H](CN2CCOCC2)c2ccccc2)cc1Cl. The Morgan fingerprint density at radius 1 is 1.19 bits per heavy atom. The smallest absolute Gasteiger partial charge is 0.251 e. The lowest BCUT2D eigenvalue weighted by atomic mass is 10.1. The molecule has 1 fully saturated rings. The van der Waals surface area contributed by atoms with Crippen molar-refractivity contribution in [3.8, 4) is 5.75 Å². The molecule has 2 aromatic rings. The van der Waals surface area contributed by atoms with E-state index >= 15 is 0 Å². The Bertz CT molecular complexity index is 757. The zero-order valence-corrected chi connectivity index (χ0v) is 16.6. The number of morpholine rings is 1. The molecule has 0 aromatic heterocycles. The fourth-order valence-corrected chi connectivity index (χ4v) is 3.73. The minimum absolute atomic E-state index is 0.156. The number of hydrogen-bond donors (Lipinski definition) is 1. The number of ether oxygens (including phenoxy) is 2. The molecule has 5 nitrogen and oxygen atoms in total. The highest BCUT2D eigenvalue weighted by Crippen LogP contribution is 2.34. The van der Waals surface area contributed by atoms with Crippen LogP contribution in [0.4, 0.5) is 0 Å². The standard InChI is InChI=1S/C20H22Cl2N2O3/c1-26-19-16(21)11-15(12-17(19)22)20(25)23-18(14-5-3-2-4-6-14)13-24-7-9-27-10-8-24/h2-6,11-12,18H,7-10,13H2,1H3,(H,23,25)/t18-/m1/s1. The maximum atomic E-state index is 12.9. The summed E-state index contributed by atoms with van der Waals surface area (Å²) in [6.07, 6.45) is 0. The first-order valence-corrected chi connectivity index (χ1v) is 9.53. The quantitative estimate of drug-likeness (QED) is 0.789. The molecule has 0 aliphatic carbocycles. The highest BCUT2D eigenvalue weighted by Gasteiger charge is 2.22. The van der Waals surface area contributed by atoms with Gasteiger partial charge in [0.05, 0.1) is 36.4 Å². The van der Waals surface area contributed by atoms with Crippen LogP contribution in [0.1, 0.15) is 22.0 Å². The van der Waals surface area contributed by atoms with Gasteiger partial charge >= 0.3 is 0 Å². The normalized spacial score (nSPS) is 16.0. The summed E-state index contributed by atoms with van der Waals surface area (Å²) in [7, 11) is 1.49. The van der Waals surface area contributed by atoms with Crippen molar-refractivity contribution in [3.63, 3.8) is 0 Å². The maximum Gasteiger partial charge on any atom is 0.251 e. The average molecular weight is 409 g/mol. The van der Waals surface area contributed by atoms with Crippen molar-refractivity contribution in [2.24, 2.45) is 0 Å². The number of carbonyl (C=O) groups excluding carboxylic acids is 1. The largest absolute Gasteiger partial charge is 0.494 e. The van der Waals surface area contributed by atoms with Gasteiger partial charge in [0.25, 0.3) is 5.91 Å². The number of rotatable bonds is 6. The highest BCUT2D eigenvalue weighted by molar-refractivity contribution is 6.37. The third-order valence-electron chi connectivity index (χ3n) is 4.52. The predicted octanol–water partition coefficient (Wildman–Crippen LogP) is 3.81. The molecule has 2 aromatic carbocycles. The van der Waals surface area contributed by atoms with Crippen molar-refractivity contribution in [3.05, 3.63) is 63.6 Å². The Kier molecular flexibility index (Phi) is 6.96. The third-order valence-corrected chi connectivity index (χ3v) is 5.08. The van der Waals surface area contributed by atoms with E-state index in [1.165, 1.54) is 7.11 Å². The summed E-state index contributed by atoms with van der Waals surface area (Å²) in [5.74, 6) is 0.131. The first-order chi connectivity index (χ1) is 13.1. The van der Waals surface area contributed by atoms with E-state index in [1.54, 1.807) is 12.1 Å². The van der Waals surface area contributed by atoms with Crippen LogP contribution in [0.15, 0.2) is 42.5 Å². The van der Waals surface area contributed by atoms with Crippen LogP contribution in [0.25, 0.3) is 0 Å². The van der Waals surface area contributed by atoms with E-state index < -0.39 is 0 Å². The van der Waals surface area contributed by atoms with E-state index in [0.717, 1.165) is 18.7 Å². The summed E-state index contributed by atoms with van der Waals surface area (Å²) in [4.78, 5) is 15.1. The molecule has 0 saturated carbocycles. The molecule has 0 radical (unpaired) electrons. The molecule has 3 rings (SSSR count). The van der Waals surface area contributed by atoms with E-state index in [4.69, 9.17) is 32.7 Å². The molecule has 1 heterocycles. The molecule has 7 heteroatoms. The van der Waals surface area contributed by atoms with Crippen LogP contribution in [0, 0.1) is 0 Å². The fourth-order valence-electron chi connectivity index (χ4n) is 3.09. The van der Waals surface area contributed by atoms with Crippen LogP contribution in [0.3, 0.4) is 0 Å². The Morgan fingerprint density at radius 2 is 1.81 bits per heavy atom. The second-order valence-electron chi connectivity index (χ2n) is 6.32. The summed E-state index contributed by atoms with van der Waals surface area (Å²) in [5.41, 5.74) is 1.44. The Labute approximate surface area is 169 Å². The Hall–Kier alpha value is -1.79. The number of halogens is 2. The summed E-state index contributed by atoms with van der Waals surface area (Å²) < 4.78 is 10.6. The van der Waals surface area contributed by atoms with Gasteiger partial charge < -0.3 is 14.8 Å². The maximum absolute atomic E-state index is 12.9. The molecule has 1 saturated heterocycles. The highest BCUT2D eigenvalue weighted by atomic mass is 35.5. The van der Waals surface area contributed by atoms with E-state index in [0.29, 0.717) is 41.1 Å². The van der Waals surface area contributed by atoms with Gasteiger partial charge in [0, 0.05) is 25.2 Å². The van der Waals surface area contributed by atoms with Crippen LogP contribution in [0.2, 0.25) is 10.0 Å². The van der Waals surface area contributed by atoms with Gasteiger partial charge in [-0.1, -0.05) is 53.5 Å². The molecular weight excluding hydrogens is 387 g/mol. The van der Waals surface area contributed by atoms with Crippen molar-refractivity contribution in [2.75, 3.05) is 40.0 Å². The van der Waals surface area contributed by atoms with Gasteiger partial charge in [-0.2, -0.15) is 0 Å². The molecular formula is C20H22Cl2N2O3. The number of carbonyl (C=O) groups is 1. The number of hydrogen-bond acceptors (Lipinski definition) is 4. The van der Waals surface area contributed by atoms with Gasteiger partial charge in [-0.05, 0) is 17.7 Å². The summed E-state index contributed by atoms with van der Waals surface area (Å²) in [6, 6.07) is 12.9. The number of methoxy groups -OCH3 is 1. The lowest BCUT2D eigenvalue weighted by Crippen LogP contribution is -2.43. The van der Waals surface area contributed by atoms with Gasteiger partial charge in [0.15, 0.2) is 5.75 Å². The summed E-state index contributed by atoms with van der Waals surface area (Å²) in [6.45, 7) is 3.81. The van der Waals surface area contributed by atoms with Crippen LogP contribution in [0.5, 0.6) is 5.75 Å². The van der Waals surface area contributed by atoms with Crippen molar-refractivity contribution >= 4 is 29.1 Å². The number of nitrogens with zero attached hydrogens (tertiary/aromatic N) is 1. The predicted molar refractivity (Wildman–Crippen MR) is 107 cm³/mol. The van der Waals surface area contributed by atoms with Gasteiger partial charge in [-0.3, -0.25) is 9.69 Å². The zero-order valence-electron chi connectivity index (χ0n) is 15.1. The zero-order chi connectivity index (χ0) is 19.2. The first-order valence-electron chi connectivity index (χ1n) is 8.77. The summed E-state index contributed by atoms with van der Waals surface area (Å²) >= 11 is 12.4. The van der Waals surface area contributed by atoms with Gasteiger partial charge in [0.1, 0.15) is 0 Å². The van der Waals surface area contributed by atoms with E-state index in [2.05, 4.69) is 10.2 Å². The molecule has 1 aliphatic heterocycles. The minimum Gasteiger partial charge on any atom is -0.494 e. The second kappa shape index (κ2) is 9.42. The molecule has 0 unspecified atom stereocenters. The Balaban J connectivity index is 1.79. The Morgan fingerprint density at radius 3 is 2.41 bits per heavy atom. The van der Waals surface area contributed by atoms with Crippen molar-refractivity contribution in [1.82, 2.24) is 10.2 Å². The first kappa shape index (κ1) is 20.0. The van der Waals surface area contributed by atoms with Crippen molar-refractivity contribution in [1.29, 1.82) is 0 Å². The topological polar surface area (TPSA) is 50.8 Å².